The zero-order valence-corrected chi connectivity index (χ0v) is 30.1. The molecule has 4 fully saturated rings. The van der Waals surface area contributed by atoms with Crippen molar-refractivity contribution in [2.75, 3.05) is 6.61 Å². The third-order valence-corrected chi connectivity index (χ3v) is 12.6. The SMILES string of the molecule is CC(=O)OC1CC[C@@]2(C)[C@@H](C1)CC(OC(C)=O)[C@@H]1[C@@H]2CC(OC(C)=O)[C@]2(C)[C@@H]([C@H](C)CCC(=O)OCCC(=O)OC(C(F)F)C(F)(F)F)CC[C@@H]12. The van der Waals surface area contributed by atoms with E-state index in [1.54, 1.807) is 0 Å². The quantitative estimate of drug-likeness (QED) is 0.120. The Morgan fingerprint density at radius 3 is 2.04 bits per heavy atom. The van der Waals surface area contributed by atoms with Crippen LogP contribution in [0.5, 0.6) is 0 Å². The molecule has 0 aromatic heterocycles. The highest BCUT2D eigenvalue weighted by Gasteiger charge is 2.67. The van der Waals surface area contributed by atoms with Gasteiger partial charge in [-0.3, -0.25) is 24.0 Å². The molecule has 4 rings (SSSR count). The second kappa shape index (κ2) is 15.9. The Bertz CT molecular complexity index is 1310. The first-order valence-electron chi connectivity index (χ1n) is 17.9. The first kappa shape index (κ1) is 40.8. The van der Waals surface area contributed by atoms with Gasteiger partial charge in [0.2, 0.25) is 0 Å². The fourth-order valence-electron chi connectivity index (χ4n) is 10.4. The van der Waals surface area contributed by atoms with Crippen molar-refractivity contribution in [2.45, 2.75) is 143 Å². The van der Waals surface area contributed by atoms with E-state index in [9.17, 15) is 45.9 Å². The Hall–Kier alpha value is -3.00. The normalized spacial score (nSPS) is 35.7. The monoisotopic (exact) mass is 738 g/mol. The molecule has 4 unspecified atom stereocenters. The first-order chi connectivity index (χ1) is 23.7. The van der Waals surface area contributed by atoms with Crippen LogP contribution in [0.2, 0.25) is 0 Å². The van der Waals surface area contributed by atoms with Crippen molar-refractivity contribution in [1.29, 1.82) is 0 Å². The van der Waals surface area contributed by atoms with E-state index >= 15 is 0 Å². The minimum Gasteiger partial charge on any atom is -0.465 e. The molecular formula is C36H51F5O10. The number of carbonyl (C=O) groups is 5. The summed E-state index contributed by atoms with van der Waals surface area (Å²) >= 11 is 0. The van der Waals surface area contributed by atoms with Crippen molar-refractivity contribution in [1.82, 2.24) is 0 Å². The summed E-state index contributed by atoms with van der Waals surface area (Å²) in [5, 5.41) is 0. The lowest BCUT2D eigenvalue weighted by molar-refractivity contribution is -0.249. The van der Waals surface area contributed by atoms with Crippen LogP contribution in [0.1, 0.15) is 106 Å². The van der Waals surface area contributed by atoms with Crippen LogP contribution in [0.15, 0.2) is 0 Å². The molecule has 15 heteroatoms. The third kappa shape index (κ3) is 8.97. The number of ether oxygens (including phenoxy) is 5. The van der Waals surface area contributed by atoms with Crippen molar-refractivity contribution in [3.05, 3.63) is 0 Å². The maximum Gasteiger partial charge on any atom is 0.431 e. The van der Waals surface area contributed by atoms with Crippen LogP contribution >= 0.6 is 0 Å². The lowest BCUT2D eigenvalue weighted by Crippen LogP contribution is -2.63. The number of hydrogen-bond donors (Lipinski definition) is 0. The van der Waals surface area contributed by atoms with Crippen LogP contribution in [0, 0.1) is 46.3 Å². The molecule has 4 aliphatic rings. The number of alkyl halides is 5. The molecule has 0 saturated heterocycles. The summed E-state index contributed by atoms with van der Waals surface area (Å²) in [6.45, 7) is 9.96. The maximum absolute atomic E-state index is 12.7. The van der Waals surface area contributed by atoms with Gasteiger partial charge in [0.25, 0.3) is 12.5 Å². The van der Waals surface area contributed by atoms with E-state index in [1.165, 1.54) is 20.8 Å². The van der Waals surface area contributed by atoms with Crippen LogP contribution in [0.4, 0.5) is 22.0 Å². The highest BCUT2D eigenvalue weighted by atomic mass is 19.4. The Balaban J connectivity index is 1.46. The number of carbonyl (C=O) groups excluding carboxylic acids is 5. The Labute approximate surface area is 295 Å². The van der Waals surface area contributed by atoms with Gasteiger partial charge in [-0.1, -0.05) is 20.8 Å². The van der Waals surface area contributed by atoms with Gasteiger partial charge in [-0.05, 0) is 86.4 Å². The predicted molar refractivity (Wildman–Crippen MR) is 169 cm³/mol. The Kier molecular flexibility index (Phi) is 12.7. The molecule has 51 heavy (non-hydrogen) atoms. The second-order valence-electron chi connectivity index (χ2n) is 15.5. The molecule has 10 nitrogen and oxygen atoms in total. The lowest BCUT2D eigenvalue weighted by Gasteiger charge is -2.64. The van der Waals surface area contributed by atoms with E-state index in [2.05, 4.69) is 18.6 Å². The summed E-state index contributed by atoms with van der Waals surface area (Å²) < 4.78 is 90.1. The molecule has 4 saturated carbocycles. The van der Waals surface area contributed by atoms with Gasteiger partial charge in [0.05, 0.1) is 6.42 Å². The van der Waals surface area contributed by atoms with E-state index in [4.69, 9.17) is 18.9 Å². The van der Waals surface area contributed by atoms with Gasteiger partial charge in [0, 0.05) is 38.5 Å². The average molecular weight is 739 g/mol. The zero-order chi connectivity index (χ0) is 38.1. The van der Waals surface area contributed by atoms with Crippen LogP contribution < -0.4 is 0 Å². The molecule has 4 aliphatic carbocycles. The largest absolute Gasteiger partial charge is 0.465 e. The van der Waals surface area contributed by atoms with Crippen LogP contribution in [-0.2, 0) is 47.7 Å². The zero-order valence-electron chi connectivity index (χ0n) is 30.1. The molecule has 0 bridgehead atoms. The van der Waals surface area contributed by atoms with E-state index in [0.717, 1.165) is 25.7 Å². The number of fused-ring (bicyclic) bond motifs is 5. The van der Waals surface area contributed by atoms with Crippen LogP contribution in [-0.4, -0.2) is 73.5 Å². The topological polar surface area (TPSA) is 132 Å². The summed E-state index contributed by atoms with van der Waals surface area (Å²) in [5.74, 6) is -3.20. The summed E-state index contributed by atoms with van der Waals surface area (Å²) in [6, 6.07) is 0. The summed E-state index contributed by atoms with van der Waals surface area (Å²) in [6.07, 6.45) is -9.52. The fraction of sp³-hybridized carbons (Fsp3) is 0.861. The van der Waals surface area contributed by atoms with Crippen molar-refractivity contribution >= 4 is 29.8 Å². The number of halogens is 5. The van der Waals surface area contributed by atoms with Crippen LogP contribution in [0.3, 0.4) is 0 Å². The molecule has 0 aliphatic heterocycles. The molecule has 290 valence electrons. The fourth-order valence-corrected chi connectivity index (χ4v) is 10.4. The minimum absolute atomic E-state index is 0.00108. The molecular weight excluding hydrogens is 687 g/mol. The number of esters is 5. The predicted octanol–water partition coefficient (Wildman–Crippen LogP) is 6.75. The molecule has 0 spiro atoms. The summed E-state index contributed by atoms with van der Waals surface area (Å²) in [5.41, 5.74) is -0.680. The van der Waals surface area contributed by atoms with Gasteiger partial charge in [0.1, 0.15) is 24.9 Å². The lowest BCUT2D eigenvalue weighted by atomic mass is 9.43. The number of hydrogen-bond acceptors (Lipinski definition) is 10. The molecule has 0 radical (unpaired) electrons. The van der Waals surface area contributed by atoms with Gasteiger partial charge in [-0.15, -0.1) is 0 Å². The standard InChI is InChI=1S/C36H51F5O10/c1-18(7-10-29(45)47-14-12-30(46)51-32(33(37)38)36(39,40)41)24-8-9-25-31-26(17-28(35(24,25)6)50-21(4)44)34(5)13-11-23(48-19(2)42)15-22(34)16-27(31)49-20(3)43/h18,22-28,31-33H,7-17H2,1-6H3/t18-,22+,23?,24-,25+,26+,27?,28?,31+,32?,34+,35-/m1/s1. The van der Waals surface area contributed by atoms with Crippen molar-refractivity contribution < 1.29 is 69.6 Å². The highest BCUT2D eigenvalue weighted by Crippen LogP contribution is 2.69. The first-order valence-corrected chi connectivity index (χ1v) is 17.9. The number of rotatable bonds is 12. The van der Waals surface area contributed by atoms with Gasteiger partial charge in [0.15, 0.2) is 0 Å². The van der Waals surface area contributed by atoms with E-state index in [-0.39, 0.29) is 71.5 Å². The summed E-state index contributed by atoms with van der Waals surface area (Å²) in [4.78, 5) is 61.1. The Morgan fingerprint density at radius 1 is 0.804 bits per heavy atom. The van der Waals surface area contributed by atoms with E-state index in [1.807, 2.05) is 6.92 Å². The second-order valence-corrected chi connectivity index (χ2v) is 15.5. The van der Waals surface area contributed by atoms with Gasteiger partial charge in [-0.2, -0.15) is 13.2 Å². The van der Waals surface area contributed by atoms with Crippen molar-refractivity contribution in [2.24, 2.45) is 46.3 Å². The smallest absolute Gasteiger partial charge is 0.431 e. The van der Waals surface area contributed by atoms with Crippen LogP contribution in [0.25, 0.3) is 0 Å². The summed E-state index contributed by atoms with van der Waals surface area (Å²) in [7, 11) is 0. The van der Waals surface area contributed by atoms with E-state index in [0.29, 0.717) is 25.7 Å². The molecule has 0 amide bonds. The van der Waals surface area contributed by atoms with Gasteiger partial charge < -0.3 is 23.7 Å². The maximum atomic E-state index is 12.7. The molecule has 0 aromatic carbocycles. The van der Waals surface area contributed by atoms with Gasteiger partial charge in [-0.25, -0.2) is 8.78 Å². The third-order valence-electron chi connectivity index (χ3n) is 12.6. The highest BCUT2D eigenvalue weighted by molar-refractivity contribution is 5.72. The Morgan fingerprint density at radius 2 is 1.45 bits per heavy atom. The molecule has 0 N–H and O–H groups in total. The van der Waals surface area contributed by atoms with Gasteiger partial charge >= 0.3 is 36.0 Å². The molecule has 12 atom stereocenters. The average Bonchev–Trinajstić information content (AvgIpc) is 3.36. The van der Waals surface area contributed by atoms with E-state index < -0.39 is 61.2 Å². The minimum atomic E-state index is -5.44. The van der Waals surface area contributed by atoms with Crippen molar-refractivity contribution in [3.8, 4) is 0 Å². The molecule has 0 aromatic rings. The van der Waals surface area contributed by atoms with Crippen molar-refractivity contribution in [3.63, 3.8) is 0 Å². The molecule has 0 heterocycles.